The topological polar surface area (TPSA) is 76.1 Å². The average Bonchev–Trinajstić information content (AvgIpc) is 2.61. The molecule has 3 rings (SSSR count). The van der Waals surface area contributed by atoms with Crippen LogP contribution < -0.4 is 4.72 Å². The van der Waals surface area contributed by atoms with Gasteiger partial charge in [-0.3, -0.25) is 14.5 Å². The summed E-state index contributed by atoms with van der Waals surface area (Å²) in [5.74, 6) is -0.840. The quantitative estimate of drug-likeness (QED) is 0.713. The molecule has 28 heavy (non-hydrogen) atoms. The molecule has 0 radical (unpaired) electrons. The highest BCUT2D eigenvalue weighted by Gasteiger charge is 2.18. The molecule has 6 heteroatoms. The minimum atomic E-state index is -3.82. The van der Waals surface area contributed by atoms with Crippen LogP contribution in [-0.4, -0.2) is 19.3 Å². The second-order valence-corrected chi connectivity index (χ2v) is 9.62. The van der Waals surface area contributed by atoms with E-state index >= 15 is 0 Å². The first-order valence-electron chi connectivity index (χ1n) is 9.09. The summed E-state index contributed by atoms with van der Waals surface area (Å²) in [5, 5.41) is 0.862. The third-order valence-corrected chi connectivity index (χ3v) is 5.75. The predicted molar refractivity (Wildman–Crippen MR) is 111 cm³/mol. The van der Waals surface area contributed by atoms with Gasteiger partial charge in [0.25, 0.3) is 0 Å². The molecule has 0 fully saturated rings. The molecule has 0 aliphatic heterocycles. The van der Waals surface area contributed by atoms with Gasteiger partial charge < -0.3 is 0 Å². The van der Waals surface area contributed by atoms with Crippen LogP contribution >= 0.6 is 0 Å². The van der Waals surface area contributed by atoms with E-state index in [-0.39, 0.29) is 17.6 Å². The zero-order valence-corrected chi connectivity index (χ0v) is 17.1. The van der Waals surface area contributed by atoms with Gasteiger partial charge >= 0.3 is 0 Å². The van der Waals surface area contributed by atoms with E-state index in [0.29, 0.717) is 11.1 Å². The number of para-hydroxylation sites is 1. The molecule has 0 unspecified atom stereocenters. The number of pyridine rings is 1. The molecule has 2 aromatic carbocycles. The van der Waals surface area contributed by atoms with Gasteiger partial charge in [-0.15, -0.1) is 0 Å². The number of benzene rings is 2. The monoisotopic (exact) mass is 396 g/mol. The number of nitrogens with zero attached hydrogens (tertiary/aromatic N) is 1. The van der Waals surface area contributed by atoms with E-state index in [2.05, 4.69) is 30.5 Å². The lowest BCUT2D eigenvalue weighted by Gasteiger charge is -2.19. The maximum Gasteiger partial charge on any atom is 0.239 e. The molecule has 0 bridgehead atoms. The van der Waals surface area contributed by atoms with Crippen LogP contribution in [-0.2, 0) is 32.4 Å². The Morgan fingerprint density at radius 1 is 1.00 bits per heavy atom. The van der Waals surface area contributed by atoms with E-state index in [0.717, 1.165) is 16.5 Å². The van der Waals surface area contributed by atoms with Crippen LogP contribution in [0.1, 0.15) is 37.5 Å². The smallest absolute Gasteiger partial charge is 0.239 e. The lowest BCUT2D eigenvalue weighted by atomic mass is 9.86. The van der Waals surface area contributed by atoms with Crippen molar-refractivity contribution in [3.05, 3.63) is 77.5 Å². The second kappa shape index (κ2) is 7.72. The van der Waals surface area contributed by atoms with Crippen molar-refractivity contribution in [3.8, 4) is 0 Å². The Kier molecular flexibility index (Phi) is 5.52. The summed E-state index contributed by atoms with van der Waals surface area (Å²) in [5.41, 5.74) is 3.14. The van der Waals surface area contributed by atoms with Gasteiger partial charge in [0.1, 0.15) is 0 Å². The molecule has 0 aliphatic carbocycles. The molecule has 0 aliphatic rings. The van der Waals surface area contributed by atoms with E-state index in [1.54, 1.807) is 24.4 Å². The summed E-state index contributed by atoms with van der Waals surface area (Å²) in [4.78, 5) is 16.5. The fraction of sp³-hybridized carbons (Fsp3) is 0.273. The highest BCUT2D eigenvalue weighted by Crippen LogP contribution is 2.22. The van der Waals surface area contributed by atoms with E-state index in [1.165, 1.54) is 0 Å². The molecule has 5 nitrogen and oxygen atoms in total. The van der Waals surface area contributed by atoms with Gasteiger partial charge in [0.15, 0.2) is 0 Å². The summed E-state index contributed by atoms with van der Waals surface area (Å²) < 4.78 is 27.1. The van der Waals surface area contributed by atoms with Gasteiger partial charge in [0, 0.05) is 11.6 Å². The molecule has 1 heterocycles. The molecule has 0 atom stereocenters. The van der Waals surface area contributed by atoms with Gasteiger partial charge in [-0.1, -0.05) is 69.3 Å². The number of amides is 1. The minimum absolute atomic E-state index is 0.0113. The Bertz CT molecular complexity index is 1090. The summed E-state index contributed by atoms with van der Waals surface area (Å²) in [6.45, 7) is 6.34. The summed E-state index contributed by atoms with van der Waals surface area (Å²) in [7, 11) is -3.82. The Balaban J connectivity index is 1.69. The molecular weight excluding hydrogens is 372 g/mol. The van der Waals surface area contributed by atoms with Crippen molar-refractivity contribution < 1.29 is 13.2 Å². The summed E-state index contributed by atoms with van der Waals surface area (Å²) in [6.07, 6.45) is 1.63. The number of hydrogen-bond acceptors (Lipinski definition) is 4. The maximum atomic E-state index is 12.5. The van der Waals surface area contributed by atoms with Crippen LogP contribution in [0.25, 0.3) is 10.9 Å². The Labute approximate surface area is 165 Å². The van der Waals surface area contributed by atoms with E-state index in [4.69, 9.17) is 0 Å². The SMILES string of the molecule is CC(C)(C)c1ccc(CC(=O)NS(=O)(=O)Cc2cccc3cccnc23)cc1. The van der Waals surface area contributed by atoms with Crippen molar-refractivity contribution in [2.24, 2.45) is 0 Å². The third-order valence-electron chi connectivity index (χ3n) is 4.52. The number of fused-ring (bicyclic) bond motifs is 1. The van der Waals surface area contributed by atoms with E-state index < -0.39 is 15.9 Å². The van der Waals surface area contributed by atoms with Crippen molar-refractivity contribution in [1.82, 2.24) is 9.71 Å². The highest BCUT2D eigenvalue weighted by molar-refractivity contribution is 7.89. The van der Waals surface area contributed by atoms with Crippen LogP contribution in [0.3, 0.4) is 0 Å². The molecule has 1 N–H and O–H groups in total. The van der Waals surface area contributed by atoms with Gasteiger partial charge in [-0.05, 0) is 28.2 Å². The first-order valence-corrected chi connectivity index (χ1v) is 10.7. The Hall–Kier alpha value is -2.73. The molecule has 1 amide bonds. The zero-order chi connectivity index (χ0) is 20.4. The molecule has 0 spiro atoms. The van der Waals surface area contributed by atoms with Crippen molar-refractivity contribution in [3.63, 3.8) is 0 Å². The van der Waals surface area contributed by atoms with Gasteiger partial charge in [-0.2, -0.15) is 0 Å². The number of carbonyl (C=O) groups is 1. The van der Waals surface area contributed by atoms with Crippen molar-refractivity contribution in [2.75, 3.05) is 0 Å². The first-order chi connectivity index (χ1) is 13.1. The lowest BCUT2D eigenvalue weighted by Crippen LogP contribution is -2.32. The number of rotatable bonds is 5. The number of carbonyl (C=O) groups excluding carboxylic acids is 1. The Morgan fingerprint density at radius 2 is 1.68 bits per heavy atom. The number of nitrogens with one attached hydrogen (secondary N) is 1. The molecule has 3 aromatic rings. The van der Waals surface area contributed by atoms with E-state index in [9.17, 15) is 13.2 Å². The van der Waals surface area contributed by atoms with Crippen LogP contribution in [0.5, 0.6) is 0 Å². The molecule has 0 saturated carbocycles. The summed E-state index contributed by atoms with van der Waals surface area (Å²) in [6, 6.07) is 16.7. The number of sulfonamides is 1. The maximum absolute atomic E-state index is 12.5. The van der Waals surface area contributed by atoms with Crippen molar-refractivity contribution in [2.45, 2.75) is 38.4 Å². The number of hydrogen-bond donors (Lipinski definition) is 1. The summed E-state index contributed by atoms with van der Waals surface area (Å²) >= 11 is 0. The van der Waals surface area contributed by atoms with Crippen molar-refractivity contribution >= 4 is 26.8 Å². The van der Waals surface area contributed by atoms with Crippen LogP contribution in [0.4, 0.5) is 0 Å². The van der Waals surface area contributed by atoms with Crippen LogP contribution in [0.15, 0.2) is 60.8 Å². The fourth-order valence-corrected chi connectivity index (χ4v) is 4.18. The lowest BCUT2D eigenvalue weighted by molar-refractivity contribution is -0.118. The van der Waals surface area contributed by atoms with Crippen molar-refractivity contribution in [1.29, 1.82) is 0 Å². The van der Waals surface area contributed by atoms with Gasteiger partial charge in [-0.25, -0.2) is 8.42 Å². The zero-order valence-electron chi connectivity index (χ0n) is 16.3. The fourth-order valence-electron chi connectivity index (χ4n) is 3.04. The second-order valence-electron chi connectivity index (χ2n) is 7.90. The minimum Gasteiger partial charge on any atom is -0.274 e. The Morgan fingerprint density at radius 3 is 2.36 bits per heavy atom. The highest BCUT2D eigenvalue weighted by atomic mass is 32.2. The molecule has 1 aromatic heterocycles. The van der Waals surface area contributed by atoms with Gasteiger partial charge in [0.05, 0.1) is 17.7 Å². The van der Waals surface area contributed by atoms with E-state index in [1.807, 2.05) is 36.4 Å². The first kappa shape index (κ1) is 20.0. The van der Waals surface area contributed by atoms with Crippen LogP contribution in [0, 0.1) is 0 Å². The largest absolute Gasteiger partial charge is 0.274 e. The predicted octanol–water partition coefficient (Wildman–Crippen LogP) is 3.72. The average molecular weight is 397 g/mol. The van der Waals surface area contributed by atoms with Crippen LogP contribution in [0.2, 0.25) is 0 Å². The van der Waals surface area contributed by atoms with Gasteiger partial charge in [0.2, 0.25) is 15.9 Å². The normalized spacial score (nSPS) is 12.1. The standard InChI is InChI=1S/C22H24N2O3S/c1-22(2,3)19-11-9-16(10-12-19)14-20(25)24-28(26,27)15-18-7-4-6-17-8-5-13-23-21(17)18/h4-13H,14-15H2,1-3H3,(H,24,25). The third kappa shape index (κ3) is 4.95. The molecular formula is C22H24N2O3S. The molecule has 146 valence electrons. The number of aromatic nitrogens is 1. The molecule has 0 saturated heterocycles.